The number of nitrogens with zero attached hydrogens (tertiary/aromatic N) is 1. The summed E-state index contributed by atoms with van der Waals surface area (Å²) >= 11 is 0. The molecule has 1 heterocycles. The molecule has 5 heteroatoms. The van der Waals surface area contributed by atoms with Gasteiger partial charge < -0.3 is 20.7 Å². The summed E-state index contributed by atoms with van der Waals surface area (Å²) in [5, 5.41) is 10.9. The first kappa shape index (κ1) is 21.3. The molecule has 0 saturated carbocycles. The molecule has 1 aliphatic rings. The molecule has 1 fully saturated rings. The normalized spacial score (nSPS) is 17.6. The zero-order chi connectivity index (χ0) is 20.5. The van der Waals surface area contributed by atoms with Gasteiger partial charge in [-0.3, -0.25) is 4.99 Å². The molecule has 1 saturated heterocycles. The molecule has 1 unspecified atom stereocenters. The minimum atomic E-state index is -0.0200. The Morgan fingerprint density at radius 1 is 1.03 bits per heavy atom. The Hall–Kier alpha value is -2.37. The van der Waals surface area contributed by atoms with Gasteiger partial charge >= 0.3 is 0 Å². The van der Waals surface area contributed by atoms with E-state index in [1.807, 2.05) is 7.05 Å². The van der Waals surface area contributed by atoms with Gasteiger partial charge in [-0.25, -0.2) is 0 Å². The zero-order valence-corrected chi connectivity index (χ0v) is 17.9. The van der Waals surface area contributed by atoms with Crippen LogP contribution in [-0.4, -0.2) is 38.3 Å². The van der Waals surface area contributed by atoms with Crippen molar-refractivity contribution in [3.63, 3.8) is 0 Å². The highest BCUT2D eigenvalue weighted by atomic mass is 16.5. The summed E-state index contributed by atoms with van der Waals surface area (Å²) in [5.74, 6) is 0.827. The van der Waals surface area contributed by atoms with Crippen LogP contribution in [0.1, 0.15) is 42.5 Å². The van der Waals surface area contributed by atoms with E-state index in [9.17, 15) is 0 Å². The van der Waals surface area contributed by atoms with Crippen LogP contribution in [0.2, 0.25) is 0 Å². The van der Waals surface area contributed by atoms with Crippen molar-refractivity contribution in [1.29, 1.82) is 0 Å². The minimum absolute atomic E-state index is 0.0200. The van der Waals surface area contributed by atoms with E-state index in [2.05, 4.69) is 89.4 Å². The van der Waals surface area contributed by atoms with Crippen LogP contribution in [0.15, 0.2) is 59.6 Å². The number of ether oxygens (including phenoxy) is 1. The first-order chi connectivity index (χ1) is 14.1. The lowest BCUT2D eigenvalue weighted by molar-refractivity contribution is 0.0355. The summed E-state index contributed by atoms with van der Waals surface area (Å²) in [4.78, 5) is 4.42. The molecule has 0 bridgehead atoms. The predicted molar refractivity (Wildman–Crippen MR) is 120 cm³/mol. The van der Waals surface area contributed by atoms with Gasteiger partial charge in [0.15, 0.2) is 5.96 Å². The Kier molecular flexibility index (Phi) is 7.67. The third kappa shape index (κ3) is 6.05. The van der Waals surface area contributed by atoms with Gasteiger partial charge in [0.2, 0.25) is 0 Å². The van der Waals surface area contributed by atoms with Gasteiger partial charge in [-0.15, -0.1) is 0 Å². The van der Waals surface area contributed by atoms with Crippen molar-refractivity contribution in [3.05, 3.63) is 71.3 Å². The predicted octanol–water partition coefficient (Wildman–Crippen LogP) is 3.56. The van der Waals surface area contributed by atoms with Crippen LogP contribution < -0.4 is 16.0 Å². The fourth-order valence-electron chi connectivity index (χ4n) is 3.88. The first-order valence-electron chi connectivity index (χ1n) is 10.5. The molecule has 0 radical (unpaired) electrons. The standard InChI is InChI=1S/C24H34N4O/c1-19-9-7-8-12-22(19)17-26-23(25-3)27-18-24(13-15-29-16-14-24)28-20(2)21-10-5-4-6-11-21/h4-12,20,28H,13-18H2,1-3H3,(H2,25,26,27). The van der Waals surface area contributed by atoms with Gasteiger partial charge in [-0.2, -0.15) is 0 Å². The Morgan fingerprint density at radius 3 is 2.41 bits per heavy atom. The second-order valence-electron chi connectivity index (χ2n) is 7.88. The van der Waals surface area contributed by atoms with Crippen LogP contribution in [0.5, 0.6) is 0 Å². The molecule has 0 spiro atoms. The Labute approximate surface area is 175 Å². The molecule has 0 aliphatic carbocycles. The van der Waals surface area contributed by atoms with Crippen LogP contribution in [0.4, 0.5) is 0 Å². The summed E-state index contributed by atoms with van der Waals surface area (Å²) in [5.41, 5.74) is 3.86. The van der Waals surface area contributed by atoms with Gasteiger partial charge in [0.05, 0.1) is 0 Å². The Morgan fingerprint density at radius 2 is 1.72 bits per heavy atom. The number of hydrogen-bond donors (Lipinski definition) is 3. The number of nitrogens with one attached hydrogen (secondary N) is 3. The lowest BCUT2D eigenvalue weighted by Gasteiger charge is -2.41. The number of aliphatic imine (C=N–C) groups is 1. The van der Waals surface area contributed by atoms with Crippen molar-refractivity contribution in [2.45, 2.75) is 44.8 Å². The smallest absolute Gasteiger partial charge is 0.191 e. The molecule has 156 valence electrons. The van der Waals surface area contributed by atoms with Gasteiger partial charge in [-0.05, 0) is 43.4 Å². The van der Waals surface area contributed by atoms with Crippen molar-refractivity contribution < 1.29 is 4.74 Å². The lowest BCUT2D eigenvalue weighted by Crippen LogP contribution is -2.58. The minimum Gasteiger partial charge on any atom is -0.381 e. The van der Waals surface area contributed by atoms with Crippen LogP contribution in [0, 0.1) is 6.92 Å². The van der Waals surface area contributed by atoms with Crippen molar-refractivity contribution in [2.24, 2.45) is 4.99 Å². The zero-order valence-electron chi connectivity index (χ0n) is 17.9. The molecule has 29 heavy (non-hydrogen) atoms. The molecule has 5 nitrogen and oxygen atoms in total. The quantitative estimate of drug-likeness (QED) is 0.496. The largest absolute Gasteiger partial charge is 0.381 e. The first-order valence-corrected chi connectivity index (χ1v) is 10.5. The highest BCUT2D eigenvalue weighted by Gasteiger charge is 2.34. The van der Waals surface area contributed by atoms with Crippen molar-refractivity contribution in [1.82, 2.24) is 16.0 Å². The van der Waals surface area contributed by atoms with Gasteiger partial charge in [0, 0.05) is 44.9 Å². The second kappa shape index (κ2) is 10.4. The maximum Gasteiger partial charge on any atom is 0.191 e. The van der Waals surface area contributed by atoms with Crippen molar-refractivity contribution in [2.75, 3.05) is 26.8 Å². The highest BCUT2D eigenvalue weighted by molar-refractivity contribution is 5.79. The third-order valence-electron chi connectivity index (χ3n) is 5.80. The van der Waals surface area contributed by atoms with Gasteiger partial charge in [0.25, 0.3) is 0 Å². The topological polar surface area (TPSA) is 57.7 Å². The summed E-state index contributed by atoms with van der Waals surface area (Å²) in [6, 6.07) is 19.3. The van der Waals surface area contributed by atoms with E-state index < -0.39 is 0 Å². The monoisotopic (exact) mass is 394 g/mol. The average Bonchev–Trinajstić information content (AvgIpc) is 2.76. The van der Waals surface area contributed by atoms with Crippen LogP contribution in [0.25, 0.3) is 0 Å². The van der Waals surface area contributed by atoms with Crippen LogP contribution >= 0.6 is 0 Å². The van der Waals surface area contributed by atoms with Gasteiger partial charge in [0.1, 0.15) is 0 Å². The highest BCUT2D eigenvalue weighted by Crippen LogP contribution is 2.25. The molecule has 1 atom stereocenters. The SMILES string of the molecule is CN=C(NCc1ccccc1C)NCC1(NC(C)c2ccccc2)CCOCC1. The van der Waals surface area contributed by atoms with E-state index in [0.717, 1.165) is 45.1 Å². The fraction of sp³-hybridized carbons (Fsp3) is 0.458. The molecule has 2 aromatic carbocycles. The summed E-state index contributed by atoms with van der Waals surface area (Å²) < 4.78 is 5.65. The Balaban J connectivity index is 1.61. The van der Waals surface area contributed by atoms with Crippen molar-refractivity contribution >= 4 is 5.96 Å². The van der Waals surface area contributed by atoms with E-state index in [0.29, 0.717) is 0 Å². The number of hydrogen-bond acceptors (Lipinski definition) is 3. The number of guanidine groups is 1. The fourth-order valence-corrected chi connectivity index (χ4v) is 3.88. The molecule has 0 amide bonds. The van der Waals surface area contributed by atoms with E-state index in [1.165, 1.54) is 16.7 Å². The van der Waals surface area contributed by atoms with E-state index >= 15 is 0 Å². The number of benzene rings is 2. The molecule has 3 rings (SSSR count). The van der Waals surface area contributed by atoms with Crippen LogP contribution in [0.3, 0.4) is 0 Å². The number of aryl methyl sites for hydroxylation is 1. The Bertz CT molecular complexity index is 784. The molecular formula is C24H34N4O. The summed E-state index contributed by atoms with van der Waals surface area (Å²) in [6.07, 6.45) is 1.96. The second-order valence-corrected chi connectivity index (χ2v) is 7.88. The third-order valence-corrected chi connectivity index (χ3v) is 5.80. The molecule has 0 aromatic heterocycles. The lowest BCUT2D eigenvalue weighted by atomic mass is 9.88. The summed E-state index contributed by atoms with van der Waals surface area (Å²) in [6.45, 7) is 7.51. The average molecular weight is 395 g/mol. The van der Waals surface area contributed by atoms with Gasteiger partial charge in [-0.1, -0.05) is 54.6 Å². The molecule has 1 aliphatic heterocycles. The maximum atomic E-state index is 5.65. The molecule has 3 N–H and O–H groups in total. The van der Waals surface area contributed by atoms with E-state index in [1.54, 1.807) is 0 Å². The molecule has 2 aromatic rings. The maximum absolute atomic E-state index is 5.65. The molecular weight excluding hydrogens is 360 g/mol. The van der Waals surface area contributed by atoms with Crippen LogP contribution in [-0.2, 0) is 11.3 Å². The van der Waals surface area contributed by atoms with E-state index in [4.69, 9.17) is 4.74 Å². The number of rotatable bonds is 7. The van der Waals surface area contributed by atoms with E-state index in [-0.39, 0.29) is 11.6 Å². The summed E-state index contributed by atoms with van der Waals surface area (Å²) in [7, 11) is 1.82. The van der Waals surface area contributed by atoms with Crippen molar-refractivity contribution in [3.8, 4) is 0 Å².